The lowest BCUT2D eigenvalue weighted by Gasteiger charge is -2.40. The van der Waals surface area contributed by atoms with Gasteiger partial charge in [-0.3, -0.25) is 14.7 Å². The highest BCUT2D eigenvalue weighted by Crippen LogP contribution is 2.37. The van der Waals surface area contributed by atoms with Crippen molar-refractivity contribution in [1.82, 2.24) is 20.1 Å². The highest BCUT2D eigenvalue weighted by Gasteiger charge is 2.42. The van der Waals surface area contributed by atoms with E-state index in [9.17, 15) is 23.1 Å². The molecule has 1 aromatic heterocycles. The summed E-state index contributed by atoms with van der Waals surface area (Å²) in [4.78, 5) is 24.3. The van der Waals surface area contributed by atoms with E-state index in [-0.39, 0.29) is 16.9 Å². The molecule has 0 unspecified atom stereocenters. The molecule has 1 atom stereocenters. The molecule has 10 heteroatoms. The first kappa shape index (κ1) is 34.8. The van der Waals surface area contributed by atoms with Crippen molar-refractivity contribution in [2.45, 2.75) is 82.1 Å². The number of phenolic OH excluding ortho intramolecular Hbond substituents is 1. The quantitative estimate of drug-likeness (QED) is 0.183. The van der Waals surface area contributed by atoms with Crippen molar-refractivity contribution >= 4 is 28.6 Å². The van der Waals surface area contributed by atoms with Crippen LogP contribution in [0.25, 0.3) is 10.9 Å². The van der Waals surface area contributed by atoms with Gasteiger partial charge in [0.05, 0.1) is 16.8 Å². The van der Waals surface area contributed by atoms with Gasteiger partial charge in [0, 0.05) is 40.9 Å². The van der Waals surface area contributed by atoms with Crippen molar-refractivity contribution in [2.24, 2.45) is 0 Å². The van der Waals surface area contributed by atoms with Crippen LogP contribution in [-0.4, -0.2) is 70.5 Å². The van der Waals surface area contributed by atoms with E-state index in [0.717, 1.165) is 39.0 Å². The number of alkyl halides is 3. The number of hydrogen-bond acceptors (Lipinski definition) is 6. The molecular weight excluding hydrogens is 597 g/mol. The number of carbonyl (C=O) groups excluding carboxylic acids is 1. The summed E-state index contributed by atoms with van der Waals surface area (Å²) in [6, 6.07) is 8.91. The average molecular weight is 643 g/mol. The summed E-state index contributed by atoms with van der Waals surface area (Å²) in [6.07, 6.45) is 4.89. The summed E-state index contributed by atoms with van der Waals surface area (Å²) in [5.41, 5.74) is 1.66. The van der Waals surface area contributed by atoms with Crippen LogP contribution in [0, 0.1) is 0 Å². The second kappa shape index (κ2) is 16.0. The highest BCUT2D eigenvalue weighted by molar-refractivity contribution is 7.98. The zero-order valence-electron chi connectivity index (χ0n) is 26.5. The Kier molecular flexibility index (Phi) is 12.3. The SMILES string of the molecule is C=CCc1nc2cc(O)c(SC)cc2c(C(=O)N[C@H](c2ccccc2)C(F)(F)F)c1CN1CCC(N2CCCCC2)CC1.CC. The van der Waals surface area contributed by atoms with Crippen LogP contribution in [0.5, 0.6) is 5.75 Å². The second-order valence-corrected chi connectivity index (χ2v) is 12.3. The van der Waals surface area contributed by atoms with E-state index in [1.807, 2.05) is 13.8 Å². The molecule has 0 bridgehead atoms. The van der Waals surface area contributed by atoms with Crippen LogP contribution in [-0.2, 0) is 13.0 Å². The number of phenols is 1. The van der Waals surface area contributed by atoms with Gasteiger partial charge in [-0.25, -0.2) is 0 Å². The van der Waals surface area contributed by atoms with E-state index >= 15 is 0 Å². The molecule has 5 rings (SSSR count). The third kappa shape index (κ3) is 8.40. The Labute approximate surface area is 269 Å². The van der Waals surface area contributed by atoms with Crippen molar-refractivity contribution < 1.29 is 23.1 Å². The number of likely N-dealkylation sites (tertiary alicyclic amines) is 2. The summed E-state index contributed by atoms with van der Waals surface area (Å²) in [6.45, 7) is 12.2. The van der Waals surface area contributed by atoms with Crippen LogP contribution in [0.4, 0.5) is 13.2 Å². The number of pyridine rings is 1. The Bertz CT molecular complexity index is 1440. The summed E-state index contributed by atoms with van der Waals surface area (Å²) in [5, 5.41) is 13.3. The monoisotopic (exact) mass is 642 g/mol. The molecule has 2 saturated heterocycles. The largest absolute Gasteiger partial charge is 0.507 e. The van der Waals surface area contributed by atoms with Crippen molar-refractivity contribution in [3.05, 3.63) is 77.5 Å². The number of thioether (sulfide) groups is 1. The normalized spacial score (nSPS) is 17.4. The third-order valence-corrected chi connectivity index (χ3v) is 9.39. The number of fused-ring (bicyclic) bond motifs is 1. The lowest BCUT2D eigenvalue weighted by Crippen LogP contribution is -2.46. The number of allylic oxidation sites excluding steroid dienone is 1. The first-order chi connectivity index (χ1) is 21.7. The van der Waals surface area contributed by atoms with Gasteiger partial charge in [0.25, 0.3) is 5.91 Å². The Morgan fingerprint density at radius 1 is 1.11 bits per heavy atom. The van der Waals surface area contributed by atoms with Crippen molar-refractivity contribution in [3.8, 4) is 5.75 Å². The van der Waals surface area contributed by atoms with Gasteiger partial charge in [0.1, 0.15) is 5.75 Å². The zero-order valence-corrected chi connectivity index (χ0v) is 27.3. The Morgan fingerprint density at radius 2 is 1.78 bits per heavy atom. The lowest BCUT2D eigenvalue weighted by molar-refractivity contribution is -0.155. The van der Waals surface area contributed by atoms with Crippen LogP contribution < -0.4 is 5.32 Å². The molecule has 1 amide bonds. The highest BCUT2D eigenvalue weighted by atomic mass is 32.2. The van der Waals surface area contributed by atoms with E-state index in [2.05, 4.69) is 21.7 Å². The van der Waals surface area contributed by atoms with Gasteiger partial charge in [0.2, 0.25) is 0 Å². The number of nitrogens with zero attached hydrogens (tertiary/aromatic N) is 3. The van der Waals surface area contributed by atoms with Gasteiger partial charge in [0.15, 0.2) is 6.04 Å². The number of nitrogens with one attached hydrogen (secondary N) is 1. The minimum atomic E-state index is -4.71. The first-order valence-electron chi connectivity index (χ1n) is 15.9. The molecule has 6 nitrogen and oxygen atoms in total. The number of hydrogen-bond donors (Lipinski definition) is 2. The number of rotatable bonds is 9. The Hall–Kier alpha value is -3.08. The minimum Gasteiger partial charge on any atom is -0.507 e. The van der Waals surface area contributed by atoms with Gasteiger partial charge in [-0.2, -0.15) is 13.2 Å². The van der Waals surface area contributed by atoms with Crippen LogP contribution in [0.15, 0.2) is 60.0 Å². The Balaban J connectivity index is 0.00000226. The predicted molar refractivity (Wildman–Crippen MR) is 177 cm³/mol. The molecule has 244 valence electrons. The predicted octanol–water partition coefficient (Wildman–Crippen LogP) is 7.90. The lowest BCUT2D eigenvalue weighted by atomic mass is 9.95. The van der Waals surface area contributed by atoms with E-state index < -0.39 is 18.1 Å². The molecule has 2 aliphatic heterocycles. The second-order valence-electron chi connectivity index (χ2n) is 11.4. The number of benzene rings is 2. The number of aromatic hydroxyl groups is 1. The van der Waals surface area contributed by atoms with Gasteiger partial charge < -0.3 is 15.3 Å². The van der Waals surface area contributed by atoms with Crippen molar-refractivity contribution in [3.63, 3.8) is 0 Å². The molecule has 2 aromatic carbocycles. The van der Waals surface area contributed by atoms with E-state index in [0.29, 0.717) is 46.1 Å². The van der Waals surface area contributed by atoms with Crippen LogP contribution >= 0.6 is 11.8 Å². The smallest absolute Gasteiger partial charge is 0.412 e. The molecule has 3 aromatic rings. The maximum atomic E-state index is 14.3. The maximum absolute atomic E-state index is 14.3. The summed E-state index contributed by atoms with van der Waals surface area (Å²) in [7, 11) is 0. The van der Waals surface area contributed by atoms with E-state index in [4.69, 9.17) is 4.98 Å². The molecule has 2 fully saturated rings. The average Bonchev–Trinajstić information content (AvgIpc) is 3.05. The zero-order chi connectivity index (χ0) is 32.6. The number of aromatic nitrogens is 1. The van der Waals surface area contributed by atoms with Crippen molar-refractivity contribution in [2.75, 3.05) is 32.4 Å². The van der Waals surface area contributed by atoms with E-state index in [1.54, 1.807) is 24.5 Å². The van der Waals surface area contributed by atoms with Crippen molar-refractivity contribution in [1.29, 1.82) is 0 Å². The van der Waals surface area contributed by atoms with Crippen LogP contribution in [0.1, 0.15) is 79.2 Å². The van der Waals surface area contributed by atoms with Gasteiger partial charge >= 0.3 is 6.18 Å². The van der Waals surface area contributed by atoms with Gasteiger partial charge in [-0.15, -0.1) is 18.3 Å². The summed E-state index contributed by atoms with van der Waals surface area (Å²) in [5.74, 6) is -0.812. The molecule has 45 heavy (non-hydrogen) atoms. The minimum absolute atomic E-state index is 0.00778. The number of amides is 1. The van der Waals surface area contributed by atoms with Crippen LogP contribution in [0.3, 0.4) is 0 Å². The molecule has 0 saturated carbocycles. The molecule has 3 heterocycles. The molecule has 2 aliphatic rings. The fourth-order valence-electron chi connectivity index (χ4n) is 6.42. The molecular formula is C35H45F3N4O2S. The summed E-state index contributed by atoms with van der Waals surface area (Å²) >= 11 is 1.29. The number of piperidine rings is 2. The Morgan fingerprint density at radius 3 is 2.38 bits per heavy atom. The van der Waals surface area contributed by atoms with Gasteiger partial charge in [-0.1, -0.05) is 56.7 Å². The molecule has 0 radical (unpaired) electrons. The molecule has 2 N–H and O–H groups in total. The maximum Gasteiger partial charge on any atom is 0.412 e. The molecule has 0 spiro atoms. The molecule has 0 aliphatic carbocycles. The van der Waals surface area contributed by atoms with E-state index in [1.165, 1.54) is 61.4 Å². The number of carbonyl (C=O) groups is 1. The standard InChI is InChI=1S/C33H39F3N4O2S.C2H6/c1-3-10-26-25(21-39-17-13-23(14-18-39)40-15-8-5-9-16-40)30(24-19-29(43-2)28(41)20-27(24)37-26)32(42)38-31(33(34,35)36)22-11-6-4-7-12-22;1-2/h3-4,6-7,11-12,19-20,23,31,41H,1,5,8-10,13-18,21H2,2H3,(H,38,42);1-2H3/t31-;/m1./s1. The number of halogens is 3. The van der Waals surface area contributed by atoms with Gasteiger partial charge in [-0.05, 0) is 69.7 Å². The fourth-order valence-corrected chi connectivity index (χ4v) is 6.92. The fraction of sp³-hybridized carbons (Fsp3) is 0.486. The summed E-state index contributed by atoms with van der Waals surface area (Å²) < 4.78 is 43.0. The third-order valence-electron chi connectivity index (χ3n) is 8.62. The topological polar surface area (TPSA) is 68.7 Å². The first-order valence-corrected chi connectivity index (χ1v) is 17.1. The van der Waals surface area contributed by atoms with Crippen LogP contribution in [0.2, 0.25) is 0 Å².